The molecule has 0 atom stereocenters. The molecule has 3 N–H and O–H groups in total. The summed E-state index contributed by atoms with van der Waals surface area (Å²) in [5.41, 5.74) is 5.45. The standard InChI is InChI=1S/C8H14N4/c1-8(2,3)12-7-5-10-4-6(9)11-7/h4-5H,1-3H3,(H3,9,11,12). The number of hydrogen-bond acceptors (Lipinski definition) is 4. The Morgan fingerprint density at radius 3 is 2.50 bits per heavy atom. The van der Waals surface area contributed by atoms with Crippen LogP contribution in [0.15, 0.2) is 12.4 Å². The second-order valence-electron chi connectivity index (χ2n) is 3.70. The van der Waals surface area contributed by atoms with Crippen molar-refractivity contribution >= 4 is 11.6 Å². The van der Waals surface area contributed by atoms with Gasteiger partial charge in [-0.3, -0.25) is 4.98 Å². The van der Waals surface area contributed by atoms with Crippen molar-refractivity contribution in [3.05, 3.63) is 12.4 Å². The smallest absolute Gasteiger partial charge is 0.147 e. The van der Waals surface area contributed by atoms with Gasteiger partial charge in [-0.25, -0.2) is 4.98 Å². The van der Waals surface area contributed by atoms with E-state index in [1.54, 1.807) is 6.20 Å². The maximum Gasteiger partial charge on any atom is 0.147 e. The van der Waals surface area contributed by atoms with Gasteiger partial charge in [-0.1, -0.05) is 0 Å². The molecule has 0 fully saturated rings. The number of nitrogen functional groups attached to an aromatic ring is 1. The van der Waals surface area contributed by atoms with Gasteiger partial charge in [0, 0.05) is 5.54 Å². The van der Waals surface area contributed by atoms with Crippen LogP contribution in [0.25, 0.3) is 0 Å². The van der Waals surface area contributed by atoms with E-state index in [0.717, 1.165) is 0 Å². The lowest BCUT2D eigenvalue weighted by atomic mass is 10.1. The number of nitrogens with two attached hydrogens (primary N) is 1. The largest absolute Gasteiger partial charge is 0.382 e. The lowest BCUT2D eigenvalue weighted by Crippen LogP contribution is -2.26. The lowest BCUT2D eigenvalue weighted by molar-refractivity contribution is 0.630. The van der Waals surface area contributed by atoms with Crippen LogP contribution in [-0.2, 0) is 0 Å². The quantitative estimate of drug-likeness (QED) is 0.659. The topological polar surface area (TPSA) is 63.8 Å². The minimum Gasteiger partial charge on any atom is -0.382 e. The summed E-state index contributed by atoms with van der Waals surface area (Å²) < 4.78 is 0. The van der Waals surface area contributed by atoms with Crippen molar-refractivity contribution in [2.24, 2.45) is 0 Å². The third kappa shape index (κ3) is 2.74. The number of nitrogens with zero attached hydrogens (tertiary/aromatic N) is 2. The van der Waals surface area contributed by atoms with Crippen LogP contribution in [0, 0.1) is 0 Å². The van der Waals surface area contributed by atoms with Crippen LogP contribution in [0.5, 0.6) is 0 Å². The first-order valence-corrected chi connectivity index (χ1v) is 3.83. The normalized spacial score (nSPS) is 11.2. The van der Waals surface area contributed by atoms with E-state index in [1.165, 1.54) is 6.20 Å². The van der Waals surface area contributed by atoms with Gasteiger partial charge >= 0.3 is 0 Å². The van der Waals surface area contributed by atoms with E-state index in [4.69, 9.17) is 5.73 Å². The third-order valence-electron chi connectivity index (χ3n) is 1.16. The molecule has 0 spiro atoms. The van der Waals surface area contributed by atoms with Gasteiger partial charge in [0.2, 0.25) is 0 Å². The van der Waals surface area contributed by atoms with Crippen LogP contribution in [0.2, 0.25) is 0 Å². The minimum absolute atomic E-state index is 0.0114. The van der Waals surface area contributed by atoms with Gasteiger partial charge in [0.05, 0.1) is 12.4 Å². The highest BCUT2D eigenvalue weighted by Gasteiger charge is 2.09. The van der Waals surface area contributed by atoms with E-state index in [2.05, 4.69) is 36.1 Å². The van der Waals surface area contributed by atoms with Crippen LogP contribution in [0.3, 0.4) is 0 Å². The van der Waals surface area contributed by atoms with Gasteiger partial charge in [0.1, 0.15) is 11.6 Å². The maximum atomic E-state index is 5.46. The maximum absolute atomic E-state index is 5.46. The molecule has 0 radical (unpaired) electrons. The Morgan fingerprint density at radius 1 is 1.33 bits per heavy atom. The Morgan fingerprint density at radius 2 is 2.00 bits per heavy atom. The Hall–Kier alpha value is -1.32. The molecule has 0 amide bonds. The SMILES string of the molecule is CC(C)(C)Nc1cncc(N)n1. The predicted molar refractivity (Wildman–Crippen MR) is 49.8 cm³/mol. The van der Waals surface area contributed by atoms with Gasteiger partial charge in [0.15, 0.2) is 0 Å². The first kappa shape index (κ1) is 8.77. The molecule has 1 rings (SSSR count). The van der Waals surface area contributed by atoms with Gasteiger partial charge in [-0.15, -0.1) is 0 Å². The number of anilines is 2. The lowest BCUT2D eigenvalue weighted by Gasteiger charge is -2.20. The molecule has 0 bridgehead atoms. The zero-order chi connectivity index (χ0) is 9.19. The summed E-state index contributed by atoms with van der Waals surface area (Å²) in [6.07, 6.45) is 3.18. The molecule has 4 nitrogen and oxygen atoms in total. The Labute approximate surface area is 72.2 Å². The second kappa shape index (κ2) is 2.97. The molecule has 0 aliphatic rings. The summed E-state index contributed by atoms with van der Waals surface area (Å²) in [6, 6.07) is 0. The molecule has 1 aromatic heterocycles. The molecular weight excluding hydrogens is 152 g/mol. The van der Waals surface area contributed by atoms with Crippen molar-refractivity contribution in [3.63, 3.8) is 0 Å². The van der Waals surface area contributed by atoms with E-state index in [9.17, 15) is 0 Å². The highest BCUT2D eigenvalue weighted by atomic mass is 15.1. The average Bonchev–Trinajstić information content (AvgIpc) is 1.82. The summed E-state index contributed by atoms with van der Waals surface area (Å²) in [5, 5.41) is 3.17. The van der Waals surface area contributed by atoms with Crippen LogP contribution in [-0.4, -0.2) is 15.5 Å². The molecule has 0 aliphatic heterocycles. The van der Waals surface area contributed by atoms with Crippen LogP contribution < -0.4 is 11.1 Å². The van der Waals surface area contributed by atoms with Crippen molar-refractivity contribution in [2.45, 2.75) is 26.3 Å². The number of aromatic nitrogens is 2. The molecule has 4 heteroatoms. The summed E-state index contributed by atoms with van der Waals surface area (Å²) in [6.45, 7) is 6.16. The molecule has 66 valence electrons. The highest BCUT2D eigenvalue weighted by Crippen LogP contribution is 2.10. The van der Waals surface area contributed by atoms with Crippen LogP contribution in [0.1, 0.15) is 20.8 Å². The molecule has 0 aliphatic carbocycles. The Bertz CT molecular complexity index is 264. The summed E-state index contributed by atoms with van der Waals surface area (Å²) in [4.78, 5) is 7.98. The van der Waals surface area contributed by atoms with Crippen molar-refractivity contribution in [1.82, 2.24) is 9.97 Å². The van der Waals surface area contributed by atoms with Crippen molar-refractivity contribution in [2.75, 3.05) is 11.1 Å². The van der Waals surface area contributed by atoms with E-state index < -0.39 is 0 Å². The zero-order valence-electron chi connectivity index (χ0n) is 7.63. The number of hydrogen-bond donors (Lipinski definition) is 2. The zero-order valence-corrected chi connectivity index (χ0v) is 7.63. The van der Waals surface area contributed by atoms with Gasteiger partial charge < -0.3 is 11.1 Å². The van der Waals surface area contributed by atoms with Crippen molar-refractivity contribution in [3.8, 4) is 0 Å². The molecule has 0 aromatic carbocycles. The highest BCUT2D eigenvalue weighted by molar-refractivity contribution is 5.39. The summed E-state index contributed by atoms with van der Waals surface area (Å²) in [7, 11) is 0. The molecular formula is C8H14N4. The molecule has 0 saturated carbocycles. The fourth-order valence-electron chi connectivity index (χ4n) is 0.825. The monoisotopic (exact) mass is 166 g/mol. The fraction of sp³-hybridized carbons (Fsp3) is 0.500. The van der Waals surface area contributed by atoms with E-state index >= 15 is 0 Å². The number of rotatable bonds is 1. The molecule has 1 aromatic rings. The van der Waals surface area contributed by atoms with Crippen LogP contribution >= 0.6 is 0 Å². The van der Waals surface area contributed by atoms with Gasteiger partial charge in [0.25, 0.3) is 0 Å². The second-order valence-corrected chi connectivity index (χ2v) is 3.70. The average molecular weight is 166 g/mol. The third-order valence-corrected chi connectivity index (χ3v) is 1.16. The summed E-state index contributed by atoms with van der Waals surface area (Å²) >= 11 is 0. The van der Waals surface area contributed by atoms with Crippen molar-refractivity contribution < 1.29 is 0 Å². The Balaban J connectivity index is 2.77. The van der Waals surface area contributed by atoms with Crippen LogP contribution in [0.4, 0.5) is 11.6 Å². The summed E-state index contributed by atoms with van der Waals surface area (Å²) in [5.74, 6) is 1.15. The Kier molecular flexibility index (Phi) is 2.17. The van der Waals surface area contributed by atoms with E-state index in [-0.39, 0.29) is 5.54 Å². The van der Waals surface area contributed by atoms with Gasteiger partial charge in [-0.2, -0.15) is 0 Å². The molecule has 1 heterocycles. The van der Waals surface area contributed by atoms with E-state index in [0.29, 0.717) is 11.6 Å². The van der Waals surface area contributed by atoms with E-state index in [1.807, 2.05) is 0 Å². The molecule has 12 heavy (non-hydrogen) atoms. The first-order valence-electron chi connectivity index (χ1n) is 3.83. The predicted octanol–water partition coefficient (Wildman–Crippen LogP) is 1.27. The molecule has 0 unspecified atom stereocenters. The molecule has 0 saturated heterocycles. The van der Waals surface area contributed by atoms with Gasteiger partial charge in [-0.05, 0) is 20.8 Å². The fourth-order valence-corrected chi connectivity index (χ4v) is 0.825. The minimum atomic E-state index is -0.0114. The van der Waals surface area contributed by atoms with Crippen molar-refractivity contribution in [1.29, 1.82) is 0 Å². The first-order chi connectivity index (χ1) is 5.47. The number of nitrogens with one attached hydrogen (secondary N) is 1.